The highest BCUT2D eigenvalue weighted by Gasteiger charge is 2.35. The van der Waals surface area contributed by atoms with Gasteiger partial charge >= 0.3 is 12.1 Å². The lowest BCUT2D eigenvalue weighted by Gasteiger charge is -2.09. The first-order valence-corrected chi connectivity index (χ1v) is 15.4. The van der Waals surface area contributed by atoms with Crippen LogP contribution in [-0.2, 0) is 12.7 Å². The van der Waals surface area contributed by atoms with Crippen molar-refractivity contribution in [2.75, 3.05) is 6.54 Å². The second kappa shape index (κ2) is 17.1. The zero-order valence-corrected chi connectivity index (χ0v) is 25.2. The van der Waals surface area contributed by atoms with Gasteiger partial charge in [-0.15, -0.1) is 11.3 Å². The van der Waals surface area contributed by atoms with Gasteiger partial charge in [-0.1, -0.05) is 112 Å². The van der Waals surface area contributed by atoms with Crippen molar-refractivity contribution < 1.29 is 23.1 Å². The Bertz CT molecular complexity index is 1400. The Balaban J connectivity index is 0.000000250. The van der Waals surface area contributed by atoms with E-state index in [1.807, 2.05) is 17.4 Å². The largest absolute Gasteiger partial charge is 0.476 e. The summed E-state index contributed by atoms with van der Waals surface area (Å²) >= 11 is 7.73. The number of unbranched alkanes of at least 4 members (excludes halogenated alkanes) is 7. The van der Waals surface area contributed by atoms with Crippen molar-refractivity contribution >= 4 is 46.7 Å². The van der Waals surface area contributed by atoms with E-state index >= 15 is 0 Å². The summed E-state index contributed by atoms with van der Waals surface area (Å²) in [5.41, 5.74) is -1.22. The van der Waals surface area contributed by atoms with Gasteiger partial charge in [-0.2, -0.15) is 13.2 Å². The van der Waals surface area contributed by atoms with Gasteiger partial charge in [0.1, 0.15) is 5.15 Å². The molecule has 0 atom stereocenters. The highest BCUT2D eigenvalue weighted by atomic mass is 35.5. The van der Waals surface area contributed by atoms with Crippen molar-refractivity contribution in [3.8, 4) is 0 Å². The highest BCUT2D eigenvalue weighted by molar-refractivity contribution is 7.09. The molecule has 10 heteroatoms. The Morgan fingerprint density at radius 2 is 1.67 bits per heavy atom. The summed E-state index contributed by atoms with van der Waals surface area (Å²) in [5.74, 6) is -1.50. The number of imidazole rings is 1. The third-order valence-electron chi connectivity index (χ3n) is 6.55. The molecule has 0 fully saturated rings. The van der Waals surface area contributed by atoms with Crippen LogP contribution < -0.4 is 5.32 Å². The summed E-state index contributed by atoms with van der Waals surface area (Å²) in [6, 6.07) is 14.3. The molecule has 42 heavy (non-hydrogen) atoms. The average molecular weight is 620 g/mol. The first-order chi connectivity index (χ1) is 20.2. The molecule has 0 aliphatic carbocycles. The second-order valence-electron chi connectivity index (χ2n) is 9.91. The van der Waals surface area contributed by atoms with Crippen LogP contribution in [0.15, 0.2) is 60.1 Å². The topological polar surface area (TPSA) is 66.6 Å². The van der Waals surface area contributed by atoms with E-state index in [2.05, 4.69) is 34.7 Å². The van der Waals surface area contributed by atoms with Gasteiger partial charge in [-0.3, -0.25) is 4.40 Å². The number of hydrogen-bond acceptors (Lipinski definition) is 4. The fourth-order valence-electron chi connectivity index (χ4n) is 4.34. The molecule has 0 aliphatic rings. The van der Waals surface area contributed by atoms with E-state index in [1.165, 1.54) is 75.1 Å². The lowest BCUT2D eigenvalue weighted by molar-refractivity contribution is -0.136. The van der Waals surface area contributed by atoms with Crippen molar-refractivity contribution in [2.24, 2.45) is 0 Å². The van der Waals surface area contributed by atoms with Gasteiger partial charge in [0.2, 0.25) is 0 Å². The maximum Gasteiger partial charge on any atom is 0.420 e. The third kappa shape index (κ3) is 10.6. The van der Waals surface area contributed by atoms with Crippen molar-refractivity contribution in [2.45, 2.75) is 71.0 Å². The lowest BCUT2D eigenvalue weighted by atomic mass is 10.1. The molecule has 4 rings (SSSR count). The first kappa shape index (κ1) is 33.4. The van der Waals surface area contributed by atoms with Gasteiger partial charge in [0.15, 0.2) is 11.3 Å². The van der Waals surface area contributed by atoms with Gasteiger partial charge in [0.25, 0.3) is 0 Å². The quantitative estimate of drug-likeness (QED) is 0.138. The van der Waals surface area contributed by atoms with Crippen LogP contribution in [0.25, 0.3) is 17.8 Å². The van der Waals surface area contributed by atoms with E-state index in [1.54, 1.807) is 30.3 Å². The number of carboxylic acid groups (broad SMARTS) is 1. The molecule has 0 saturated carbocycles. The number of halogens is 4. The number of aromatic nitrogens is 2. The number of carbonyl (C=O) groups is 1. The van der Waals surface area contributed by atoms with E-state index < -0.39 is 29.1 Å². The van der Waals surface area contributed by atoms with Gasteiger partial charge in [0.05, 0.1) is 5.56 Å². The van der Waals surface area contributed by atoms with Crippen LogP contribution >= 0.6 is 22.9 Å². The van der Waals surface area contributed by atoms with Crippen LogP contribution in [-0.4, -0.2) is 27.0 Å². The standard InChI is InChI=1S/C17H10ClF3N2O2.C15H27NS/c18-14-13(16(24)25)22-15-12(17(19,20)21)8-11(9-23(14)15)7-6-10-4-2-1-3-5-10;1-2-3-4-5-6-7-8-9-12-16-14-15-11-10-13-17-15/h1-9H,(H,24,25);10-11,13,16H,2-9,12,14H2,1H3. The number of rotatable bonds is 14. The van der Waals surface area contributed by atoms with Gasteiger partial charge in [-0.25, -0.2) is 9.78 Å². The minimum absolute atomic E-state index is 0.208. The van der Waals surface area contributed by atoms with Crippen LogP contribution in [0.2, 0.25) is 5.15 Å². The van der Waals surface area contributed by atoms with E-state index in [9.17, 15) is 18.0 Å². The molecule has 0 saturated heterocycles. The second-order valence-corrected chi connectivity index (χ2v) is 11.3. The van der Waals surface area contributed by atoms with Crippen molar-refractivity contribution in [3.05, 3.63) is 92.5 Å². The number of benzene rings is 1. The highest BCUT2D eigenvalue weighted by Crippen LogP contribution is 2.35. The first-order valence-electron chi connectivity index (χ1n) is 14.2. The molecule has 2 N–H and O–H groups in total. The predicted molar refractivity (Wildman–Crippen MR) is 166 cm³/mol. The molecule has 226 valence electrons. The smallest absolute Gasteiger partial charge is 0.420 e. The molecule has 4 aromatic rings. The Hall–Kier alpha value is -3.14. The number of pyridine rings is 1. The van der Waals surface area contributed by atoms with Gasteiger partial charge < -0.3 is 10.4 Å². The fraction of sp³-hybridized carbons (Fsp3) is 0.375. The lowest BCUT2D eigenvalue weighted by Crippen LogP contribution is -2.13. The summed E-state index contributed by atoms with van der Waals surface area (Å²) in [5, 5.41) is 14.3. The zero-order valence-electron chi connectivity index (χ0n) is 23.7. The van der Waals surface area contributed by atoms with Gasteiger partial charge in [-0.05, 0) is 41.6 Å². The van der Waals surface area contributed by atoms with Crippen LogP contribution in [0.1, 0.15) is 90.3 Å². The van der Waals surface area contributed by atoms with Crippen LogP contribution in [0.5, 0.6) is 0 Å². The molecule has 3 heterocycles. The molecule has 0 bridgehead atoms. The number of carboxylic acids is 1. The number of thiophene rings is 1. The molecule has 0 spiro atoms. The number of alkyl halides is 3. The van der Waals surface area contributed by atoms with Crippen LogP contribution in [0.3, 0.4) is 0 Å². The molecule has 3 aromatic heterocycles. The van der Waals surface area contributed by atoms with E-state index in [0.29, 0.717) is 0 Å². The molecule has 0 amide bonds. The van der Waals surface area contributed by atoms with Gasteiger partial charge in [0, 0.05) is 17.6 Å². The Morgan fingerprint density at radius 1 is 1.00 bits per heavy atom. The Labute approximate surface area is 254 Å². The monoisotopic (exact) mass is 619 g/mol. The summed E-state index contributed by atoms with van der Waals surface area (Å²) in [6.07, 6.45) is 11.0. The number of hydrogen-bond donors (Lipinski definition) is 2. The number of nitrogens with one attached hydrogen (secondary N) is 1. The number of nitrogens with zero attached hydrogens (tertiary/aromatic N) is 2. The van der Waals surface area contributed by atoms with Crippen LogP contribution in [0, 0.1) is 0 Å². The minimum atomic E-state index is -4.71. The molecule has 0 unspecified atom stereocenters. The molecule has 0 radical (unpaired) electrons. The Kier molecular flexibility index (Phi) is 13.6. The normalized spacial score (nSPS) is 11.6. The van der Waals surface area contributed by atoms with Crippen molar-refractivity contribution in [1.82, 2.24) is 14.7 Å². The predicted octanol–water partition coefficient (Wildman–Crippen LogP) is 9.85. The third-order valence-corrected chi connectivity index (χ3v) is 7.78. The van der Waals surface area contributed by atoms with Crippen molar-refractivity contribution in [3.63, 3.8) is 0 Å². The van der Waals surface area contributed by atoms with E-state index in [0.717, 1.165) is 22.6 Å². The fourth-order valence-corrected chi connectivity index (χ4v) is 5.27. The molecule has 5 nitrogen and oxygen atoms in total. The Morgan fingerprint density at radius 3 is 2.29 bits per heavy atom. The maximum atomic E-state index is 13.3. The maximum absolute atomic E-state index is 13.3. The number of fused-ring (bicyclic) bond motifs is 1. The summed E-state index contributed by atoms with van der Waals surface area (Å²) in [6.45, 7) is 4.50. The molecule has 0 aliphatic heterocycles. The number of aromatic carboxylic acids is 1. The summed E-state index contributed by atoms with van der Waals surface area (Å²) < 4.78 is 40.9. The van der Waals surface area contributed by atoms with E-state index in [-0.39, 0.29) is 10.7 Å². The zero-order chi connectivity index (χ0) is 30.4. The van der Waals surface area contributed by atoms with Crippen molar-refractivity contribution in [1.29, 1.82) is 0 Å². The minimum Gasteiger partial charge on any atom is -0.476 e. The van der Waals surface area contributed by atoms with E-state index in [4.69, 9.17) is 16.7 Å². The molecular formula is C32H37ClF3N3O2S. The SMILES string of the molecule is CCCCCCCCCCNCc1cccs1.O=C(O)c1nc2c(C(F)(F)F)cc(C=Cc3ccccc3)cn2c1Cl. The molecule has 1 aromatic carbocycles. The summed E-state index contributed by atoms with van der Waals surface area (Å²) in [7, 11) is 0. The van der Waals surface area contributed by atoms with Crippen LogP contribution in [0.4, 0.5) is 13.2 Å². The summed E-state index contributed by atoms with van der Waals surface area (Å²) in [4.78, 5) is 16.1. The average Bonchev–Trinajstić information content (AvgIpc) is 3.61. The molecular weight excluding hydrogens is 583 g/mol.